The van der Waals surface area contributed by atoms with Crippen molar-refractivity contribution in [2.24, 2.45) is 5.41 Å². The largest absolute Gasteiger partial charge is 0.376 e. The van der Waals surface area contributed by atoms with Crippen molar-refractivity contribution < 1.29 is 14.3 Å². The van der Waals surface area contributed by atoms with Crippen molar-refractivity contribution in [3.05, 3.63) is 46.7 Å². The van der Waals surface area contributed by atoms with E-state index in [-0.39, 0.29) is 23.1 Å². The number of Topliss-reactive ketones (excluding diaryl/α,β-unsaturated/α-hetero) is 2. The predicted octanol–water partition coefficient (Wildman–Crippen LogP) is 4.26. The molecule has 0 N–H and O–H groups in total. The van der Waals surface area contributed by atoms with Crippen LogP contribution < -0.4 is 0 Å². The molecule has 1 aliphatic heterocycles. The van der Waals surface area contributed by atoms with Gasteiger partial charge in [-0.1, -0.05) is 24.3 Å². The number of benzene rings is 1. The predicted molar refractivity (Wildman–Crippen MR) is 111 cm³/mol. The molecule has 0 amide bonds. The molecule has 0 aromatic heterocycles. The number of hydrogen-bond donors (Lipinski definition) is 0. The van der Waals surface area contributed by atoms with Gasteiger partial charge in [-0.3, -0.25) is 9.59 Å². The first kappa shape index (κ1) is 20.8. The Morgan fingerprint density at radius 1 is 1.11 bits per heavy atom. The molecule has 0 bridgehead atoms. The van der Waals surface area contributed by atoms with E-state index >= 15 is 0 Å². The highest BCUT2D eigenvalue weighted by Crippen LogP contribution is 2.47. The molecule has 1 aromatic rings. The number of piperidine rings is 1. The van der Waals surface area contributed by atoms with Crippen LogP contribution in [0, 0.1) is 26.2 Å². The van der Waals surface area contributed by atoms with Gasteiger partial charge in [0.1, 0.15) is 17.5 Å². The van der Waals surface area contributed by atoms with Gasteiger partial charge in [-0.15, -0.1) is 0 Å². The summed E-state index contributed by atoms with van der Waals surface area (Å²) < 4.78 is 5.38. The van der Waals surface area contributed by atoms with Gasteiger partial charge in [0.25, 0.3) is 0 Å². The minimum atomic E-state index is -0.576. The molecule has 28 heavy (non-hydrogen) atoms. The molecule has 152 valence electrons. The zero-order valence-electron chi connectivity index (χ0n) is 17.9. The molecule has 1 unspecified atom stereocenters. The molecule has 1 heterocycles. The second kappa shape index (κ2) is 7.82. The maximum absolute atomic E-state index is 13.2. The van der Waals surface area contributed by atoms with Gasteiger partial charge in [-0.2, -0.15) is 0 Å². The molecule has 1 spiro atoms. The Kier molecular flexibility index (Phi) is 5.81. The zero-order chi connectivity index (χ0) is 20.6. The molecule has 1 saturated carbocycles. The maximum atomic E-state index is 13.2. The van der Waals surface area contributed by atoms with Crippen LogP contribution in [0.5, 0.6) is 0 Å². The highest BCUT2D eigenvalue weighted by Gasteiger charge is 2.47. The average molecular weight is 384 g/mol. The fraction of sp³-hybridized carbons (Fsp3) is 0.583. The molecule has 1 aliphatic carbocycles. The van der Waals surface area contributed by atoms with E-state index in [0.717, 1.165) is 48.3 Å². The van der Waals surface area contributed by atoms with E-state index < -0.39 is 5.92 Å². The molecule has 4 nitrogen and oxygen atoms in total. The molecule has 1 aromatic carbocycles. The van der Waals surface area contributed by atoms with Crippen LogP contribution in [-0.4, -0.2) is 42.8 Å². The number of methoxy groups -OCH3 is 1. The summed E-state index contributed by atoms with van der Waals surface area (Å²) in [5, 5.41) is 0. The van der Waals surface area contributed by atoms with Crippen LogP contribution in [0.25, 0.3) is 0 Å². The third-order valence-electron chi connectivity index (χ3n) is 6.82. The quantitative estimate of drug-likeness (QED) is 0.729. The number of ketones is 2. The molecule has 4 heteroatoms. The molecule has 3 rings (SSSR count). The van der Waals surface area contributed by atoms with E-state index in [9.17, 15) is 9.59 Å². The van der Waals surface area contributed by atoms with Gasteiger partial charge in [-0.05, 0) is 62.6 Å². The summed E-state index contributed by atoms with van der Waals surface area (Å²) >= 11 is 0. The summed E-state index contributed by atoms with van der Waals surface area (Å²) in [6.07, 6.45) is 2.73. The molecule has 2 aliphatic rings. The van der Waals surface area contributed by atoms with Gasteiger partial charge in [0.15, 0.2) is 0 Å². The molecule has 2 fully saturated rings. The number of carbonyl (C=O) groups is 2. The monoisotopic (exact) mass is 383 g/mol. The Balaban J connectivity index is 1.76. The van der Waals surface area contributed by atoms with Crippen LogP contribution >= 0.6 is 0 Å². The highest BCUT2D eigenvalue weighted by molar-refractivity contribution is 6.10. The van der Waals surface area contributed by atoms with Crippen molar-refractivity contribution in [1.82, 2.24) is 4.90 Å². The summed E-state index contributed by atoms with van der Waals surface area (Å²) in [6.45, 7) is 13.9. The fourth-order valence-electron chi connectivity index (χ4n) is 5.17. The van der Waals surface area contributed by atoms with Crippen molar-refractivity contribution in [1.29, 1.82) is 0 Å². The van der Waals surface area contributed by atoms with E-state index in [1.807, 2.05) is 20.8 Å². The van der Waals surface area contributed by atoms with Gasteiger partial charge in [-0.25, -0.2) is 0 Å². The van der Waals surface area contributed by atoms with Crippen molar-refractivity contribution in [2.75, 3.05) is 20.2 Å². The van der Waals surface area contributed by atoms with E-state index in [0.29, 0.717) is 12.8 Å². The van der Waals surface area contributed by atoms with E-state index in [4.69, 9.17) is 4.74 Å². The van der Waals surface area contributed by atoms with Crippen molar-refractivity contribution in [2.45, 2.75) is 65.4 Å². The van der Waals surface area contributed by atoms with Crippen molar-refractivity contribution >= 4 is 11.6 Å². The van der Waals surface area contributed by atoms with Crippen molar-refractivity contribution in [3.8, 4) is 0 Å². The minimum Gasteiger partial charge on any atom is -0.376 e. The first-order valence-electron chi connectivity index (χ1n) is 10.3. The first-order valence-corrected chi connectivity index (χ1v) is 10.3. The lowest BCUT2D eigenvalue weighted by atomic mass is 9.62. The van der Waals surface area contributed by atoms with Crippen LogP contribution in [0.3, 0.4) is 0 Å². The third kappa shape index (κ3) is 3.80. The van der Waals surface area contributed by atoms with Gasteiger partial charge < -0.3 is 9.64 Å². The number of rotatable bonds is 4. The number of likely N-dealkylation sites (tertiary alicyclic amines) is 1. The topological polar surface area (TPSA) is 46.6 Å². The van der Waals surface area contributed by atoms with Gasteiger partial charge in [0.2, 0.25) is 0 Å². The molecular formula is C24H33NO3. The molecule has 1 saturated heterocycles. The van der Waals surface area contributed by atoms with Crippen LogP contribution in [0.15, 0.2) is 24.4 Å². The van der Waals surface area contributed by atoms with E-state index in [1.54, 1.807) is 7.11 Å². The number of ether oxygens (including phenoxy) is 1. The Hall–Kier alpha value is -1.94. The van der Waals surface area contributed by atoms with Crippen molar-refractivity contribution in [3.63, 3.8) is 0 Å². The van der Waals surface area contributed by atoms with E-state index in [1.165, 1.54) is 5.56 Å². The Labute approximate surface area is 168 Å². The molecule has 0 radical (unpaired) electrons. The van der Waals surface area contributed by atoms with Crippen LogP contribution in [0.1, 0.15) is 60.8 Å². The molecule has 1 atom stereocenters. The number of aryl methyl sites for hydroxylation is 3. The zero-order valence-corrected chi connectivity index (χ0v) is 17.9. The van der Waals surface area contributed by atoms with Crippen LogP contribution in [-0.2, 0) is 14.3 Å². The summed E-state index contributed by atoms with van der Waals surface area (Å²) in [5.41, 5.74) is 5.03. The lowest BCUT2D eigenvalue weighted by Gasteiger charge is -2.46. The second-order valence-corrected chi connectivity index (χ2v) is 8.89. The SMILES string of the molecule is C=C(C(C)OC)N1CCC2(CC1)CC(=O)C(c1c(C)cc(C)cc1C)C(=O)C2. The average Bonchev–Trinajstić information content (AvgIpc) is 2.62. The summed E-state index contributed by atoms with van der Waals surface area (Å²) in [7, 11) is 1.69. The maximum Gasteiger partial charge on any atom is 0.148 e. The smallest absolute Gasteiger partial charge is 0.148 e. The summed E-state index contributed by atoms with van der Waals surface area (Å²) in [5.74, 6) is -0.375. The Bertz CT molecular complexity index is 759. The lowest BCUT2D eigenvalue weighted by Crippen LogP contribution is -2.47. The summed E-state index contributed by atoms with van der Waals surface area (Å²) in [6, 6.07) is 4.16. The summed E-state index contributed by atoms with van der Waals surface area (Å²) in [4.78, 5) is 28.6. The number of hydrogen-bond acceptors (Lipinski definition) is 4. The normalized spacial score (nSPS) is 21.2. The minimum absolute atomic E-state index is 0.0134. The van der Waals surface area contributed by atoms with Crippen LogP contribution in [0.2, 0.25) is 0 Å². The highest BCUT2D eigenvalue weighted by atomic mass is 16.5. The standard InChI is InChI=1S/C24H33NO3/c1-15-11-16(2)22(17(3)12-15)23-20(26)13-24(14-21(23)27)7-9-25(10-8-24)18(4)19(5)28-6/h11-12,19,23H,4,7-10,13-14H2,1-3,5-6H3. The van der Waals surface area contributed by atoms with Crippen LogP contribution in [0.4, 0.5) is 0 Å². The second-order valence-electron chi connectivity index (χ2n) is 8.89. The third-order valence-corrected chi connectivity index (χ3v) is 6.82. The van der Waals surface area contributed by atoms with Gasteiger partial charge in [0, 0.05) is 38.7 Å². The van der Waals surface area contributed by atoms with Gasteiger partial charge in [0.05, 0.1) is 6.10 Å². The number of carbonyl (C=O) groups excluding carboxylic acids is 2. The van der Waals surface area contributed by atoms with E-state index in [2.05, 4.69) is 30.5 Å². The molecular weight excluding hydrogens is 350 g/mol. The first-order chi connectivity index (χ1) is 13.2. The lowest BCUT2D eigenvalue weighted by molar-refractivity contribution is -0.138. The fourth-order valence-corrected chi connectivity index (χ4v) is 5.17. The number of nitrogens with zero attached hydrogens (tertiary/aromatic N) is 1. The van der Waals surface area contributed by atoms with Gasteiger partial charge >= 0.3 is 0 Å². The Morgan fingerprint density at radius 2 is 1.61 bits per heavy atom. The Morgan fingerprint density at radius 3 is 2.07 bits per heavy atom.